The predicted molar refractivity (Wildman–Crippen MR) is 84.7 cm³/mol. The van der Waals surface area contributed by atoms with E-state index in [4.69, 9.17) is 5.73 Å². The first kappa shape index (κ1) is 12.8. The second-order valence-corrected chi connectivity index (χ2v) is 5.14. The Morgan fingerprint density at radius 2 is 2.05 bits per heavy atom. The van der Waals surface area contributed by atoms with Crippen LogP contribution in [0.2, 0.25) is 0 Å². The molecular formula is C15H15N7. The number of nitrogens with one attached hydrogen (secondary N) is 1. The van der Waals surface area contributed by atoms with Crippen LogP contribution in [0.3, 0.4) is 0 Å². The van der Waals surface area contributed by atoms with Gasteiger partial charge >= 0.3 is 0 Å². The Morgan fingerprint density at radius 3 is 2.86 bits per heavy atom. The van der Waals surface area contributed by atoms with Gasteiger partial charge in [-0.3, -0.25) is 4.57 Å². The Morgan fingerprint density at radius 1 is 1.18 bits per heavy atom. The molecule has 0 saturated carbocycles. The molecule has 0 atom stereocenters. The lowest BCUT2D eigenvalue weighted by atomic mass is 10.3. The van der Waals surface area contributed by atoms with Gasteiger partial charge in [-0.05, 0) is 18.6 Å². The van der Waals surface area contributed by atoms with Crippen LogP contribution < -0.4 is 5.73 Å². The molecule has 0 bridgehead atoms. The molecule has 0 aliphatic rings. The van der Waals surface area contributed by atoms with Crippen LogP contribution in [0, 0.1) is 0 Å². The second-order valence-electron chi connectivity index (χ2n) is 5.14. The van der Waals surface area contributed by atoms with E-state index in [1.54, 1.807) is 6.33 Å². The van der Waals surface area contributed by atoms with Gasteiger partial charge in [0.25, 0.3) is 0 Å². The average Bonchev–Trinajstić information content (AvgIpc) is 3.10. The molecule has 22 heavy (non-hydrogen) atoms. The zero-order valence-electron chi connectivity index (χ0n) is 12.1. The molecule has 0 aliphatic heterocycles. The topological polar surface area (TPSA) is 98.3 Å². The summed E-state index contributed by atoms with van der Waals surface area (Å²) in [5.41, 5.74) is 9.14. The fourth-order valence-corrected chi connectivity index (χ4v) is 2.51. The Labute approximate surface area is 126 Å². The summed E-state index contributed by atoms with van der Waals surface area (Å²) in [5, 5.41) is 0. The highest BCUT2D eigenvalue weighted by molar-refractivity contribution is 5.83. The predicted octanol–water partition coefficient (Wildman–Crippen LogP) is 2.23. The standard InChI is InChI=1S/C15H15N7/c1-2-5-11-20-13(16)12-14(21-11)22(8-17-12)15-18-9-6-3-4-7-10(9)19-15/h3-4,6-8H,2,5H2,1H3,(H,18,19)(H2,16,20,21). The summed E-state index contributed by atoms with van der Waals surface area (Å²) in [7, 11) is 0. The van der Waals surface area contributed by atoms with E-state index >= 15 is 0 Å². The van der Waals surface area contributed by atoms with Gasteiger partial charge in [0.15, 0.2) is 17.0 Å². The first-order chi connectivity index (χ1) is 10.8. The Bertz CT molecular complexity index is 934. The summed E-state index contributed by atoms with van der Waals surface area (Å²) in [6.45, 7) is 2.08. The highest BCUT2D eigenvalue weighted by atomic mass is 15.2. The van der Waals surface area contributed by atoms with Crippen LogP contribution >= 0.6 is 0 Å². The SMILES string of the molecule is CCCc1nc(N)c2ncn(-c3nc4ccccc4[nH]3)c2n1. The molecule has 1 aromatic carbocycles. The third-order valence-electron chi connectivity index (χ3n) is 3.55. The zero-order valence-corrected chi connectivity index (χ0v) is 12.1. The molecule has 0 amide bonds. The number of anilines is 1. The molecule has 7 heteroatoms. The highest BCUT2D eigenvalue weighted by Crippen LogP contribution is 2.21. The number of imidazole rings is 2. The van der Waals surface area contributed by atoms with E-state index in [0.29, 0.717) is 22.9 Å². The lowest BCUT2D eigenvalue weighted by Gasteiger charge is -2.02. The van der Waals surface area contributed by atoms with E-state index in [0.717, 1.165) is 29.7 Å². The van der Waals surface area contributed by atoms with Crippen molar-refractivity contribution in [1.29, 1.82) is 0 Å². The van der Waals surface area contributed by atoms with E-state index in [1.807, 2.05) is 28.8 Å². The Balaban J connectivity index is 1.94. The minimum absolute atomic E-state index is 0.406. The van der Waals surface area contributed by atoms with Crippen molar-refractivity contribution in [3.63, 3.8) is 0 Å². The van der Waals surface area contributed by atoms with Gasteiger partial charge in [0.1, 0.15) is 12.2 Å². The molecule has 0 unspecified atom stereocenters. The number of fused-ring (bicyclic) bond motifs is 2. The highest BCUT2D eigenvalue weighted by Gasteiger charge is 2.14. The number of para-hydroxylation sites is 2. The monoisotopic (exact) mass is 293 g/mol. The number of hydrogen-bond donors (Lipinski definition) is 2. The summed E-state index contributed by atoms with van der Waals surface area (Å²) < 4.78 is 1.81. The molecule has 0 saturated heterocycles. The van der Waals surface area contributed by atoms with Crippen LogP contribution in [0.5, 0.6) is 0 Å². The molecule has 110 valence electrons. The number of nitrogens with zero attached hydrogens (tertiary/aromatic N) is 5. The first-order valence-corrected chi connectivity index (χ1v) is 7.21. The molecule has 3 heterocycles. The van der Waals surface area contributed by atoms with Crippen molar-refractivity contribution in [3.05, 3.63) is 36.4 Å². The van der Waals surface area contributed by atoms with Crippen molar-refractivity contribution in [2.24, 2.45) is 0 Å². The summed E-state index contributed by atoms with van der Waals surface area (Å²) in [6.07, 6.45) is 3.41. The molecule has 4 aromatic rings. The molecule has 0 radical (unpaired) electrons. The van der Waals surface area contributed by atoms with Crippen LogP contribution in [0.25, 0.3) is 28.1 Å². The first-order valence-electron chi connectivity index (χ1n) is 7.21. The molecule has 4 rings (SSSR count). The van der Waals surface area contributed by atoms with Crippen molar-refractivity contribution in [1.82, 2.24) is 29.5 Å². The average molecular weight is 293 g/mol. The molecule has 3 aromatic heterocycles. The summed E-state index contributed by atoms with van der Waals surface area (Å²) in [4.78, 5) is 21.1. The van der Waals surface area contributed by atoms with Crippen LogP contribution in [0.4, 0.5) is 5.82 Å². The molecule has 0 fully saturated rings. The van der Waals surface area contributed by atoms with Crippen molar-refractivity contribution in [2.75, 3.05) is 5.73 Å². The largest absolute Gasteiger partial charge is 0.382 e. The van der Waals surface area contributed by atoms with Crippen molar-refractivity contribution >= 4 is 28.0 Å². The molecule has 0 aliphatic carbocycles. The quantitative estimate of drug-likeness (QED) is 0.603. The molecule has 7 nitrogen and oxygen atoms in total. The van der Waals surface area contributed by atoms with Crippen molar-refractivity contribution < 1.29 is 0 Å². The van der Waals surface area contributed by atoms with E-state index in [-0.39, 0.29) is 0 Å². The number of H-pyrrole nitrogens is 1. The van der Waals surface area contributed by atoms with Crippen LogP contribution in [0.1, 0.15) is 19.2 Å². The van der Waals surface area contributed by atoms with Crippen LogP contribution in [-0.2, 0) is 6.42 Å². The summed E-state index contributed by atoms with van der Waals surface area (Å²) in [5.74, 6) is 1.80. The van der Waals surface area contributed by atoms with Gasteiger partial charge in [-0.15, -0.1) is 0 Å². The van der Waals surface area contributed by atoms with Gasteiger partial charge in [-0.25, -0.2) is 19.9 Å². The molecule has 3 N–H and O–H groups in total. The maximum atomic E-state index is 6.00. The lowest BCUT2D eigenvalue weighted by Crippen LogP contribution is -2.03. The number of aromatic nitrogens is 6. The van der Waals surface area contributed by atoms with Gasteiger partial charge in [0, 0.05) is 6.42 Å². The second kappa shape index (κ2) is 4.80. The van der Waals surface area contributed by atoms with Crippen molar-refractivity contribution in [3.8, 4) is 5.95 Å². The van der Waals surface area contributed by atoms with Gasteiger partial charge in [0.2, 0.25) is 5.95 Å². The minimum atomic E-state index is 0.406. The smallest absolute Gasteiger partial charge is 0.215 e. The Hall–Kier alpha value is -2.96. The van der Waals surface area contributed by atoms with E-state index in [9.17, 15) is 0 Å². The summed E-state index contributed by atoms with van der Waals surface area (Å²) >= 11 is 0. The molecule has 0 spiro atoms. The third-order valence-corrected chi connectivity index (χ3v) is 3.55. The minimum Gasteiger partial charge on any atom is -0.382 e. The van der Waals surface area contributed by atoms with Gasteiger partial charge in [0.05, 0.1) is 11.0 Å². The number of benzene rings is 1. The number of rotatable bonds is 3. The fraction of sp³-hybridized carbons (Fsp3) is 0.200. The number of nitrogens with two attached hydrogens (primary N) is 1. The molecular weight excluding hydrogens is 278 g/mol. The van der Waals surface area contributed by atoms with E-state index in [1.165, 1.54) is 0 Å². The van der Waals surface area contributed by atoms with Gasteiger partial charge < -0.3 is 10.7 Å². The van der Waals surface area contributed by atoms with Crippen LogP contribution in [-0.4, -0.2) is 29.5 Å². The third kappa shape index (κ3) is 1.90. The van der Waals surface area contributed by atoms with E-state index < -0.39 is 0 Å². The summed E-state index contributed by atoms with van der Waals surface area (Å²) in [6, 6.07) is 7.87. The zero-order chi connectivity index (χ0) is 15.1. The Kier molecular flexibility index (Phi) is 2.78. The van der Waals surface area contributed by atoms with Gasteiger partial charge in [-0.1, -0.05) is 19.1 Å². The number of nitrogen functional groups attached to an aromatic ring is 1. The van der Waals surface area contributed by atoms with E-state index in [2.05, 4.69) is 31.8 Å². The number of aryl methyl sites for hydroxylation is 1. The number of hydrogen-bond acceptors (Lipinski definition) is 5. The van der Waals surface area contributed by atoms with Crippen molar-refractivity contribution in [2.45, 2.75) is 19.8 Å². The lowest BCUT2D eigenvalue weighted by molar-refractivity contribution is 0.839. The fourth-order valence-electron chi connectivity index (χ4n) is 2.51. The van der Waals surface area contributed by atoms with Gasteiger partial charge in [-0.2, -0.15) is 0 Å². The number of aromatic amines is 1. The normalized spacial score (nSPS) is 11.5. The maximum absolute atomic E-state index is 6.00. The maximum Gasteiger partial charge on any atom is 0.215 e. The van der Waals surface area contributed by atoms with Crippen LogP contribution in [0.15, 0.2) is 30.6 Å².